The number of carbonyl (C=O) groups is 3. The number of ether oxygens (including phenoxy) is 1. The van der Waals surface area contributed by atoms with Crippen molar-refractivity contribution in [3.63, 3.8) is 0 Å². The molecule has 1 aromatic carbocycles. The van der Waals surface area contributed by atoms with Crippen molar-refractivity contribution >= 4 is 17.9 Å². The summed E-state index contributed by atoms with van der Waals surface area (Å²) in [7, 11) is 0. The minimum atomic E-state index is -0.770. The van der Waals surface area contributed by atoms with Crippen molar-refractivity contribution in [3.8, 4) is 0 Å². The van der Waals surface area contributed by atoms with E-state index in [9.17, 15) is 14.4 Å². The molecule has 0 saturated carbocycles. The van der Waals surface area contributed by atoms with E-state index in [-0.39, 0.29) is 24.4 Å². The number of nitrogens with one attached hydrogen (secondary N) is 2. The topological polar surface area (TPSA) is 87.7 Å². The zero-order valence-electron chi connectivity index (χ0n) is 20.1. The summed E-state index contributed by atoms with van der Waals surface area (Å²) in [5, 5.41) is 5.57. The van der Waals surface area contributed by atoms with Crippen LogP contribution in [0, 0.1) is 6.92 Å². The zero-order valence-corrected chi connectivity index (χ0v) is 20.1. The summed E-state index contributed by atoms with van der Waals surface area (Å²) in [6, 6.07) is 6.81. The molecule has 0 heterocycles. The normalized spacial score (nSPS) is 13.1. The number of rotatable bonds is 10. The van der Waals surface area contributed by atoms with Crippen LogP contribution in [0.15, 0.2) is 24.3 Å². The molecular weight excluding hydrogens is 394 g/mol. The Kier molecular flexibility index (Phi) is 10.5. The highest BCUT2D eigenvalue weighted by molar-refractivity contribution is 5.90. The number of hydrogen-bond acceptors (Lipinski definition) is 4. The Labute approximate surface area is 186 Å². The summed E-state index contributed by atoms with van der Waals surface area (Å²) < 4.78 is 5.22. The zero-order chi connectivity index (χ0) is 23.6. The van der Waals surface area contributed by atoms with Gasteiger partial charge in [-0.3, -0.25) is 9.59 Å². The summed E-state index contributed by atoms with van der Waals surface area (Å²) in [4.78, 5) is 40.0. The van der Waals surface area contributed by atoms with Crippen LogP contribution in [0.4, 0.5) is 4.79 Å². The van der Waals surface area contributed by atoms with Crippen LogP contribution < -0.4 is 10.6 Å². The number of aryl methyl sites for hydroxylation is 1. The van der Waals surface area contributed by atoms with E-state index in [1.165, 1.54) is 0 Å². The second kappa shape index (κ2) is 12.3. The van der Waals surface area contributed by atoms with Gasteiger partial charge in [0, 0.05) is 12.6 Å². The third kappa shape index (κ3) is 8.99. The van der Waals surface area contributed by atoms with Crippen LogP contribution in [0.2, 0.25) is 0 Å². The van der Waals surface area contributed by atoms with Crippen LogP contribution in [0.3, 0.4) is 0 Å². The molecule has 7 heteroatoms. The molecule has 2 N–H and O–H groups in total. The summed E-state index contributed by atoms with van der Waals surface area (Å²) in [5.41, 5.74) is 1.05. The van der Waals surface area contributed by atoms with E-state index < -0.39 is 17.7 Å². The highest BCUT2D eigenvalue weighted by atomic mass is 16.6. The summed E-state index contributed by atoms with van der Waals surface area (Å²) in [6.45, 7) is 13.3. The Bertz CT molecular complexity index is 743. The van der Waals surface area contributed by atoms with E-state index in [0.29, 0.717) is 13.0 Å². The number of benzene rings is 1. The molecule has 0 bridgehead atoms. The molecule has 31 heavy (non-hydrogen) atoms. The molecule has 2 atom stereocenters. The average molecular weight is 434 g/mol. The van der Waals surface area contributed by atoms with Crippen molar-refractivity contribution in [2.45, 2.75) is 85.4 Å². The lowest BCUT2D eigenvalue weighted by Gasteiger charge is -2.33. The van der Waals surface area contributed by atoms with Gasteiger partial charge >= 0.3 is 6.09 Å². The van der Waals surface area contributed by atoms with Gasteiger partial charge in [0.1, 0.15) is 18.2 Å². The molecular formula is C24H39N3O4. The maximum Gasteiger partial charge on any atom is 0.408 e. The second-order valence-corrected chi connectivity index (χ2v) is 8.90. The Morgan fingerprint density at radius 2 is 1.74 bits per heavy atom. The maximum atomic E-state index is 13.3. The van der Waals surface area contributed by atoms with Crippen LogP contribution in [0.1, 0.15) is 78.0 Å². The third-order valence-electron chi connectivity index (χ3n) is 4.72. The van der Waals surface area contributed by atoms with E-state index in [1.807, 2.05) is 45.0 Å². The highest BCUT2D eigenvalue weighted by Gasteiger charge is 2.32. The molecule has 3 amide bonds. The van der Waals surface area contributed by atoms with Gasteiger partial charge in [-0.1, -0.05) is 44.5 Å². The first-order chi connectivity index (χ1) is 14.5. The van der Waals surface area contributed by atoms with E-state index in [2.05, 4.69) is 17.6 Å². The van der Waals surface area contributed by atoms with Crippen LogP contribution in [-0.4, -0.2) is 47.5 Å². The average Bonchev–Trinajstić information content (AvgIpc) is 2.66. The van der Waals surface area contributed by atoms with E-state index in [4.69, 9.17) is 4.74 Å². The highest BCUT2D eigenvalue weighted by Crippen LogP contribution is 2.25. The van der Waals surface area contributed by atoms with Crippen molar-refractivity contribution < 1.29 is 19.1 Å². The Morgan fingerprint density at radius 1 is 1.10 bits per heavy atom. The van der Waals surface area contributed by atoms with E-state index in [1.54, 1.807) is 25.7 Å². The molecule has 0 fully saturated rings. The first-order valence-corrected chi connectivity index (χ1v) is 11.1. The molecule has 0 spiro atoms. The van der Waals surface area contributed by atoms with Crippen molar-refractivity contribution in [2.75, 3.05) is 13.1 Å². The molecule has 0 radical (unpaired) electrons. The largest absolute Gasteiger partial charge is 0.444 e. The van der Waals surface area contributed by atoms with Crippen LogP contribution in [-0.2, 0) is 14.3 Å². The number of carbonyl (C=O) groups excluding carboxylic acids is 3. The molecule has 174 valence electrons. The smallest absolute Gasteiger partial charge is 0.408 e. The lowest BCUT2D eigenvalue weighted by atomic mass is 9.98. The van der Waals surface area contributed by atoms with Crippen LogP contribution >= 0.6 is 0 Å². The summed E-state index contributed by atoms with van der Waals surface area (Å²) in [6.07, 6.45) is 1.83. The summed E-state index contributed by atoms with van der Waals surface area (Å²) in [5.74, 6) is -0.548. The van der Waals surface area contributed by atoms with Gasteiger partial charge in [0.25, 0.3) is 0 Å². The lowest BCUT2D eigenvalue weighted by Crippen LogP contribution is -2.49. The predicted molar refractivity (Wildman–Crippen MR) is 123 cm³/mol. The molecule has 1 rings (SSSR count). The van der Waals surface area contributed by atoms with Crippen molar-refractivity contribution in [2.24, 2.45) is 0 Å². The van der Waals surface area contributed by atoms with Crippen molar-refractivity contribution in [1.82, 2.24) is 15.5 Å². The van der Waals surface area contributed by atoms with Gasteiger partial charge in [-0.25, -0.2) is 4.79 Å². The Hall–Kier alpha value is -2.57. The molecule has 0 aromatic heterocycles. The fourth-order valence-electron chi connectivity index (χ4n) is 3.37. The first-order valence-electron chi connectivity index (χ1n) is 11.1. The Morgan fingerprint density at radius 3 is 2.29 bits per heavy atom. The van der Waals surface area contributed by atoms with Gasteiger partial charge in [-0.15, -0.1) is 0 Å². The molecule has 0 aliphatic rings. The number of alkyl carbamates (subject to hydrolysis) is 1. The number of amides is 3. The molecule has 2 unspecified atom stereocenters. The van der Waals surface area contributed by atoms with Gasteiger partial charge in [-0.05, 0) is 58.6 Å². The number of nitrogens with zero attached hydrogens (tertiary/aromatic N) is 1. The molecule has 7 nitrogen and oxygen atoms in total. The van der Waals surface area contributed by atoms with Crippen LogP contribution in [0.5, 0.6) is 0 Å². The minimum absolute atomic E-state index is 0.00230. The van der Waals surface area contributed by atoms with Crippen LogP contribution in [0.25, 0.3) is 0 Å². The lowest BCUT2D eigenvalue weighted by molar-refractivity contribution is -0.140. The first kappa shape index (κ1) is 26.5. The maximum absolute atomic E-state index is 13.3. The number of hydrogen-bond donors (Lipinski definition) is 2. The van der Waals surface area contributed by atoms with Gasteiger partial charge in [-0.2, -0.15) is 0 Å². The minimum Gasteiger partial charge on any atom is -0.444 e. The standard InChI is InChI=1S/C24H39N3O4/c1-8-12-18(4)26-22(29)21(19-14-11-10-13-17(19)3)27(15-9-2)20(28)16-25-23(30)31-24(5,6)7/h10-11,13-14,18,21H,8-9,12,15-16H2,1-7H3,(H,25,30)(H,26,29). The third-order valence-corrected chi connectivity index (χ3v) is 4.72. The van der Waals surface area contributed by atoms with E-state index in [0.717, 1.165) is 24.0 Å². The molecule has 0 saturated heterocycles. The molecule has 0 aliphatic heterocycles. The fraction of sp³-hybridized carbons (Fsp3) is 0.625. The summed E-state index contributed by atoms with van der Waals surface area (Å²) >= 11 is 0. The van der Waals surface area contributed by atoms with Crippen molar-refractivity contribution in [1.29, 1.82) is 0 Å². The second-order valence-electron chi connectivity index (χ2n) is 8.90. The van der Waals surface area contributed by atoms with Crippen molar-refractivity contribution in [3.05, 3.63) is 35.4 Å². The van der Waals surface area contributed by atoms with Gasteiger partial charge in [0.15, 0.2) is 0 Å². The van der Waals surface area contributed by atoms with Gasteiger partial charge in [0.2, 0.25) is 11.8 Å². The monoisotopic (exact) mass is 433 g/mol. The van der Waals surface area contributed by atoms with E-state index >= 15 is 0 Å². The Balaban J connectivity index is 3.14. The van der Waals surface area contributed by atoms with Gasteiger partial charge < -0.3 is 20.3 Å². The molecule has 1 aromatic rings. The van der Waals surface area contributed by atoms with Gasteiger partial charge in [0.05, 0.1) is 0 Å². The predicted octanol–water partition coefficient (Wildman–Crippen LogP) is 4.10. The fourth-order valence-corrected chi connectivity index (χ4v) is 3.37. The SMILES string of the molecule is CCCC(C)NC(=O)C(c1ccccc1C)N(CCC)C(=O)CNC(=O)OC(C)(C)C. The quantitative estimate of drug-likeness (QED) is 0.581. The molecule has 0 aliphatic carbocycles.